The molecule has 242 valence electrons. The molecule has 0 fully saturated rings. The van der Waals surface area contributed by atoms with Gasteiger partial charge in [0.2, 0.25) is 5.91 Å². The summed E-state index contributed by atoms with van der Waals surface area (Å²) >= 11 is 0. The summed E-state index contributed by atoms with van der Waals surface area (Å²) in [5.74, 6) is -0.244. The third-order valence-electron chi connectivity index (χ3n) is 7.80. The lowest BCUT2D eigenvalue weighted by molar-refractivity contribution is -0.143. The molecule has 3 amide bonds. The van der Waals surface area contributed by atoms with Crippen LogP contribution >= 0.6 is 0 Å². The Labute approximate surface area is 269 Å². The van der Waals surface area contributed by atoms with Crippen LogP contribution in [0.2, 0.25) is 0 Å². The number of nitrogens with zero attached hydrogens (tertiary/aromatic N) is 1. The van der Waals surface area contributed by atoms with Crippen LogP contribution in [0.1, 0.15) is 89.6 Å². The Morgan fingerprint density at radius 3 is 2.02 bits per heavy atom. The van der Waals surface area contributed by atoms with Crippen molar-refractivity contribution >= 4 is 23.6 Å². The van der Waals surface area contributed by atoms with Crippen molar-refractivity contribution in [1.82, 2.24) is 10.2 Å². The van der Waals surface area contributed by atoms with Gasteiger partial charge in [-0.2, -0.15) is 0 Å². The van der Waals surface area contributed by atoms with Gasteiger partial charge in [-0.15, -0.1) is 0 Å². The van der Waals surface area contributed by atoms with Crippen LogP contribution in [0.3, 0.4) is 0 Å². The summed E-state index contributed by atoms with van der Waals surface area (Å²) < 4.78 is 5.59. The number of para-hydroxylation sites is 1. The molecule has 0 heterocycles. The van der Waals surface area contributed by atoms with Crippen LogP contribution in [0.25, 0.3) is 0 Å². The van der Waals surface area contributed by atoms with E-state index in [1.807, 2.05) is 92.7 Å². The van der Waals surface area contributed by atoms with Gasteiger partial charge in [-0.05, 0) is 88.1 Å². The molecule has 2 N–H and O–H groups in total. The number of anilines is 1. The Hall–Kier alpha value is -4.13. The normalized spacial score (nSPS) is 13.4. The van der Waals surface area contributed by atoms with Gasteiger partial charge < -0.3 is 20.3 Å². The van der Waals surface area contributed by atoms with E-state index in [0.717, 1.165) is 29.5 Å². The SMILES string of the molecule is CCc1ccc(C(C(=O)Nc2ccccc2C)N(C(=O)C(Cc2ccccc2)NC(=O)OC(C)(C)C)C(C)CCC(C)C)cc1. The van der Waals surface area contributed by atoms with E-state index < -0.39 is 23.8 Å². The quantitative estimate of drug-likeness (QED) is 0.204. The number of amides is 3. The molecule has 0 saturated carbocycles. The van der Waals surface area contributed by atoms with Gasteiger partial charge in [0.15, 0.2) is 0 Å². The van der Waals surface area contributed by atoms with Gasteiger partial charge in [-0.25, -0.2) is 4.79 Å². The fourth-order valence-corrected chi connectivity index (χ4v) is 5.28. The maximum atomic E-state index is 14.9. The molecule has 3 aromatic rings. The first-order valence-electron chi connectivity index (χ1n) is 16.1. The molecule has 3 aromatic carbocycles. The van der Waals surface area contributed by atoms with Crippen LogP contribution in [0.4, 0.5) is 10.5 Å². The summed E-state index contributed by atoms with van der Waals surface area (Å²) in [5.41, 5.74) is 3.59. The van der Waals surface area contributed by atoms with Crippen LogP contribution in [0.5, 0.6) is 0 Å². The smallest absolute Gasteiger partial charge is 0.408 e. The zero-order chi connectivity index (χ0) is 33.1. The zero-order valence-electron chi connectivity index (χ0n) is 28.2. The second kappa shape index (κ2) is 16.3. The van der Waals surface area contributed by atoms with Crippen LogP contribution in [-0.4, -0.2) is 40.5 Å². The topological polar surface area (TPSA) is 87.7 Å². The number of ether oxygens (including phenoxy) is 1. The van der Waals surface area contributed by atoms with Crippen molar-refractivity contribution in [3.63, 3.8) is 0 Å². The van der Waals surface area contributed by atoms with Crippen molar-refractivity contribution in [2.24, 2.45) is 5.92 Å². The molecular formula is C38H51N3O4. The number of carbonyl (C=O) groups excluding carboxylic acids is 3. The Balaban J connectivity index is 2.14. The van der Waals surface area contributed by atoms with Gasteiger partial charge in [0.05, 0.1) is 0 Å². The maximum Gasteiger partial charge on any atom is 0.408 e. The van der Waals surface area contributed by atoms with Crippen LogP contribution in [0, 0.1) is 12.8 Å². The highest BCUT2D eigenvalue weighted by Crippen LogP contribution is 2.30. The molecule has 0 aliphatic heterocycles. The van der Waals surface area contributed by atoms with E-state index in [-0.39, 0.29) is 24.3 Å². The minimum atomic E-state index is -0.965. The van der Waals surface area contributed by atoms with Crippen molar-refractivity contribution < 1.29 is 19.1 Å². The van der Waals surface area contributed by atoms with E-state index in [2.05, 4.69) is 31.4 Å². The summed E-state index contributed by atoms with van der Waals surface area (Å²) in [4.78, 5) is 44.0. The molecule has 7 nitrogen and oxygen atoms in total. The van der Waals surface area contributed by atoms with Crippen LogP contribution in [0.15, 0.2) is 78.9 Å². The lowest BCUT2D eigenvalue weighted by Crippen LogP contribution is -2.55. The van der Waals surface area contributed by atoms with E-state index in [4.69, 9.17) is 4.74 Å². The molecule has 0 aliphatic rings. The van der Waals surface area contributed by atoms with E-state index in [1.54, 1.807) is 25.7 Å². The van der Waals surface area contributed by atoms with Gasteiger partial charge >= 0.3 is 6.09 Å². The first kappa shape index (κ1) is 35.4. The van der Waals surface area contributed by atoms with Crippen molar-refractivity contribution in [3.8, 4) is 0 Å². The van der Waals surface area contributed by atoms with Gasteiger partial charge in [0, 0.05) is 18.2 Å². The van der Waals surface area contributed by atoms with E-state index in [0.29, 0.717) is 23.6 Å². The van der Waals surface area contributed by atoms with Gasteiger partial charge in [0.25, 0.3) is 5.91 Å². The molecule has 3 unspecified atom stereocenters. The number of alkyl carbamates (subject to hydrolysis) is 1. The number of aryl methyl sites for hydroxylation is 2. The van der Waals surface area contributed by atoms with Crippen LogP contribution < -0.4 is 10.6 Å². The summed E-state index contributed by atoms with van der Waals surface area (Å²) in [6, 6.07) is 22.8. The number of nitrogens with one attached hydrogen (secondary N) is 2. The number of carbonyl (C=O) groups is 3. The standard InChI is InChI=1S/C38H51N3O4/c1-9-29-21-23-31(24-22-29)34(35(42)39-32-18-14-13-15-27(32)4)41(28(5)20-19-26(2)3)36(43)33(25-30-16-11-10-12-17-30)40-37(44)45-38(6,7)8/h10-18,21-24,26,28,33-34H,9,19-20,25H2,1-8H3,(H,39,42)(H,40,44). The summed E-state index contributed by atoms with van der Waals surface area (Å²) in [7, 11) is 0. The third-order valence-corrected chi connectivity index (χ3v) is 7.80. The highest BCUT2D eigenvalue weighted by atomic mass is 16.6. The largest absolute Gasteiger partial charge is 0.444 e. The average Bonchev–Trinajstić information content (AvgIpc) is 2.98. The monoisotopic (exact) mass is 613 g/mol. The lowest BCUT2D eigenvalue weighted by atomic mass is 9.95. The Kier molecular flexibility index (Phi) is 12.8. The maximum absolute atomic E-state index is 14.9. The Morgan fingerprint density at radius 1 is 0.822 bits per heavy atom. The molecule has 0 bridgehead atoms. The van der Waals surface area contributed by atoms with Gasteiger partial charge in [-0.1, -0.05) is 93.6 Å². The van der Waals surface area contributed by atoms with Crippen molar-refractivity contribution in [2.75, 3.05) is 5.32 Å². The number of hydrogen-bond acceptors (Lipinski definition) is 4. The minimum Gasteiger partial charge on any atom is -0.444 e. The van der Waals surface area contributed by atoms with Gasteiger partial charge in [-0.3, -0.25) is 9.59 Å². The Morgan fingerprint density at radius 2 is 1.44 bits per heavy atom. The predicted octanol–water partition coefficient (Wildman–Crippen LogP) is 8.03. The van der Waals surface area contributed by atoms with Crippen molar-refractivity contribution in [2.45, 2.75) is 105 Å². The molecule has 0 spiro atoms. The molecule has 0 saturated heterocycles. The molecule has 3 atom stereocenters. The lowest BCUT2D eigenvalue weighted by Gasteiger charge is -2.39. The molecule has 7 heteroatoms. The van der Waals surface area contributed by atoms with E-state index >= 15 is 0 Å². The first-order valence-corrected chi connectivity index (χ1v) is 16.1. The molecule has 3 rings (SSSR count). The molecule has 0 aliphatic carbocycles. The fraction of sp³-hybridized carbons (Fsp3) is 0.447. The summed E-state index contributed by atoms with van der Waals surface area (Å²) in [5, 5.41) is 5.97. The predicted molar refractivity (Wildman–Crippen MR) is 182 cm³/mol. The third kappa shape index (κ3) is 10.8. The summed E-state index contributed by atoms with van der Waals surface area (Å²) in [6.45, 7) is 15.7. The average molecular weight is 614 g/mol. The number of benzene rings is 3. The second-order valence-electron chi connectivity index (χ2n) is 13.3. The molecule has 45 heavy (non-hydrogen) atoms. The summed E-state index contributed by atoms with van der Waals surface area (Å²) in [6.07, 6.45) is 1.98. The van der Waals surface area contributed by atoms with Crippen LogP contribution in [-0.2, 0) is 27.2 Å². The van der Waals surface area contributed by atoms with Crippen molar-refractivity contribution in [3.05, 3.63) is 101 Å². The minimum absolute atomic E-state index is 0.243. The fourth-order valence-electron chi connectivity index (χ4n) is 5.28. The highest BCUT2D eigenvalue weighted by Gasteiger charge is 2.39. The zero-order valence-corrected chi connectivity index (χ0v) is 28.2. The number of hydrogen-bond donors (Lipinski definition) is 2. The van der Waals surface area contributed by atoms with Gasteiger partial charge in [0.1, 0.15) is 17.7 Å². The molecule has 0 radical (unpaired) electrons. The highest BCUT2D eigenvalue weighted by molar-refractivity contribution is 5.99. The Bertz CT molecular complexity index is 1400. The number of rotatable bonds is 13. The van der Waals surface area contributed by atoms with E-state index in [9.17, 15) is 14.4 Å². The van der Waals surface area contributed by atoms with E-state index in [1.165, 1.54) is 0 Å². The molecule has 0 aromatic heterocycles. The molecular weight excluding hydrogens is 562 g/mol. The second-order valence-corrected chi connectivity index (χ2v) is 13.3. The first-order chi connectivity index (χ1) is 21.3. The van der Waals surface area contributed by atoms with Crippen molar-refractivity contribution in [1.29, 1.82) is 0 Å².